The Kier molecular flexibility index (Phi) is 11.0. The fourth-order valence-corrected chi connectivity index (χ4v) is 3.41. The summed E-state index contributed by atoms with van der Waals surface area (Å²) in [5.41, 5.74) is 3.60. The number of ether oxygens (including phenoxy) is 3. The number of rotatable bonds is 10. The van der Waals surface area contributed by atoms with Crippen LogP contribution in [-0.4, -0.2) is 93.7 Å². The van der Waals surface area contributed by atoms with Gasteiger partial charge in [-0.2, -0.15) is 5.10 Å². The van der Waals surface area contributed by atoms with E-state index >= 15 is 0 Å². The summed E-state index contributed by atoms with van der Waals surface area (Å²) in [5.74, 6) is 0.859. The van der Waals surface area contributed by atoms with E-state index in [1.54, 1.807) is 26.4 Å². The lowest BCUT2D eigenvalue weighted by molar-refractivity contribution is -0.130. The summed E-state index contributed by atoms with van der Waals surface area (Å²) in [6.45, 7) is 7.35. The van der Waals surface area contributed by atoms with Crippen LogP contribution in [-0.2, 0) is 9.53 Å². The fourth-order valence-electron chi connectivity index (χ4n) is 2.69. The Morgan fingerprint density at radius 3 is 2.77 bits per heavy atom. The smallest absolute Gasteiger partial charge is 0.259 e. The van der Waals surface area contributed by atoms with E-state index in [0.717, 1.165) is 45.0 Å². The molecule has 172 valence electrons. The van der Waals surface area contributed by atoms with Gasteiger partial charge in [0.1, 0.15) is 0 Å². The molecule has 31 heavy (non-hydrogen) atoms. The van der Waals surface area contributed by atoms with Gasteiger partial charge in [0.05, 0.1) is 30.5 Å². The van der Waals surface area contributed by atoms with E-state index in [9.17, 15) is 4.79 Å². The summed E-state index contributed by atoms with van der Waals surface area (Å²) in [5, 5.41) is 7.78. The third-order valence-electron chi connectivity index (χ3n) is 4.37. The molecule has 11 heteroatoms. The first-order valence-corrected chi connectivity index (χ1v) is 11.3. The van der Waals surface area contributed by atoms with Crippen molar-refractivity contribution >= 4 is 45.4 Å². The monoisotopic (exact) mass is 515 g/mol. The standard InChI is InChI=1S/C20H30BrN5O4S/c1-4-29-17-12-15(11-16(21)19(17)30-14-18(27)25(2)3)13-23-24-20(31)22-5-6-26-7-9-28-10-8-26/h11-13H,4-10,14H2,1-3H3,(H2,22,24,31)/b23-13+. The van der Waals surface area contributed by atoms with E-state index in [1.807, 2.05) is 13.0 Å². The van der Waals surface area contributed by atoms with E-state index < -0.39 is 0 Å². The number of morpholine rings is 1. The number of hydrogen-bond donors (Lipinski definition) is 2. The number of amides is 1. The van der Waals surface area contributed by atoms with E-state index in [2.05, 4.69) is 36.7 Å². The van der Waals surface area contributed by atoms with Gasteiger partial charge in [-0.3, -0.25) is 15.1 Å². The normalized spacial score (nSPS) is 14.3. The fraction of sp³-hybridized carbons (Fsp3) is 0.550. The highest BCUT2D eigenvalue weighted by molar-refractivity contribution is 9.10. The molecule has 9 nitrogen and oxygen atoms in total. The molecule has 0 aromatic heterocycles. The molecule has 1 heterocycles. The molecular weight excluding hydrogens is 486 g/mol. The molecule has 1 amide bonds. The first kappa shape index (κ1) is 25.3. The molecule has 0 bridgehead atoms. The minimum atomic E-state index is -0.140. The molecule has 1 aromatic rings. The summed E-state index contributed by atoms with van der Waals surface area (Å²) in [6, 6.07) is 3.63. The van der Waals surface area contributed by atoms with Gasteiger partial charge in [0.2, 0.25) is 0 Å². The molecule has 0 spiro atoms. The second kappa shape index (κ2) is 13.5. The number of likely N-dealkylation sites (N-methyl/N-ethyl adjacent to an activating group) is 1. The second-order valence-electron chi connectivity index (χ2n) is 6.92. The van der Waals surface area contributed by atoms with Crippen molar-refractivity contribution in [3.8, 4) is 11.5 Å². The Bertz CT molecular complexity index is 772. The number of hydrazone groups is 1. The predicted molar refractivity (Wildman–Crippen MR) is 128 cm³/mol. The van der Waals surface area contributed by atoms with Crippen LogP contribution in [0.4, 0.5) is 0 Å². The number of hydrogen-bond acceptors (Lipinski definition) is 7. The largest absolute Gasteiger partial charge is 0.490 e. The van der Waals surface area contributed by atoms with Gasteiger partial charge in [-0.05, 0) is 52.8 Å². The molecule has 1 saturated heterocycles. The van der Waals surface area contributed by atoms with Crippen molar-refractivity contribution in [1.82, 2.24) is 20.5 Å². The quantitative estimate of drug-likeness (QED) is 0.275. The number of nitrogens with zero attached hydrogens (tertiary/aromatic N) is 3. The summed E-state index contributed by atoms with van der Waals surface area (Å²) < 4.78 is 17.3. The van der Waals surface area contributed by atoms with E-state index in [0.29, 0.717) is 27.7 Å². The summed E-state index contributed by atoms with van der Waals surface area (Å²) in [4.78, 5) is 15.6. The molecule has 1 fully saturated rings. The predicted octanol–water partition coefficient (Wildman–Crippen LogP) is 1.45. The van der Waals surface area contributed by atoms with Crippen molar-refractivity contribution in [2.45, 2.75) is 6.92 Å². The molecule has 2 N–H and O–H groups in total. The number of nitrogens with one attached hydrogen (secondary N) is 2. The molecule has 1 aliphatic rings. The van der Waals surface area contributed by atoms with Gasteiger partial charge in [0.25, 0.3) is 5.91 Å². The average Bonchev–Trinajstić information content (AvgIpc) is 2.74. The van der Waals surface area contributed by atoms with Crippen molar-refractivity contribution in [3.05, 3.63) is 22.2 Å². The van der Waals surface area contributed by atoms with Crippen molar-refractivity contribution < 1.29 is 19.0 Å². The van der Waals surface area contributed by atoms with Crippen LogP contribution in [0.1, 0.15) is 12.5 Å². The van der Waals surface area contributed by atoms with Gasteiger partial charge in [-0.1, -0.05) is 0 Å². The molecule has 2 rings (SSSR count). The molecule has 0 atom stereocenters. The average molecular weight is 516 g/mol. The zero-order valence-corrected chi connectivity index (χ0v) is 20.6. The molecular formula is C20H30BrN5O4S. The van der Waals surface area contributed by atoms with Gasteiger partial charge in [-0.25, -0.2) is 0 Å². The lowest BCUT2D eigenvalue weighted by atomic mass is 10.2. The summed E-state index contributed by atoms with van der Waals surface area (Å²) >= 11 is 8.75. The SMILES string of the molecule is CCOc1cc(/C=N/NC(=S)NCCN2CCOCC2)cc(Br)c1OCC(=O)N(C)C. The zero-order chi connectivity index (χ0) is 22.6. The van der Waals surface area contributed by atoms with Crippen LogP contribution in [0.25, 0.3) is 0 Å². The number of carbonyl (C=O) groups excluding carboxylic acids is 1. The van der Waals surface area contributed by atoms with Crippen molar-refractivity contribution in [1.29, 1.82) is 0 Å². The molecule has 0 radical (unpaired) electrons. The van der Waals surface area contributed by atoms with E-state index in [1.165, 1.54) is 4.90 Å². The van der Waals surface area contributed by atoms with Gasteiger partial charge >= 0.3 is 0 Å². The Balaban J connectivity index is 1.88. The van der Waals surface area contributed by atoms with E-state index in [-0.39, 0.29) is 12.5 Å². The maximum Gasteiger partial charge on any atom is 0.259 e. The first-order valence-electron chi connectivity index (χ1n) is 10.1. The summed E-state index contributed by atoms with van der Waals surface area (Å²) in [7, 11) is 3.36. The Morgan fingerprint density at radius 1 is 1.35 bits per heavy atom. The van der Waals surface area contributed by atoms with Crippen molar-refractivity contribution in [2.24, 2.45) is 5.10 Å². The molecule has 1 aromatic carbocycles. The van der Waals surface area contributed by atoms with Crippen LogP contribution in [0.15, 0.2) is 21.7 Å². The number of thiocarbonyl (C=S) groups is 1. The maximum absolute atomic E-state index is 11.8. The highest BCUT2D eigenvalue weighted by Crippen LogP contribution is 2.36. The van der Waals surface area contributed by atoms with Gasteiger partial charge in [0.15, 0.2) is 23.2 Å². The highest BCUT2D eigenvalue weighted by atomic mass is 79.9. The molecule has 1 aliphatic heterocycles. The lowest BCUT2D eigenvalue weighted by Crippen LogP contribution is -2.42. The molecule has 0 unspecified atom stereocenters. The number of halogens is 1. The topological polar surface area (TPSA) is 87.7 Å². The second-order valence-corrected chi connectivity index (χ2v) is 8.18. The van der Waals surface area contributed by atoms with Gasteiger partial charge in [-0.15, -0.1) is 0 Å². The van der Waals surface area contributed by atoms with Crippen LogP contribution in [0.2, 0.25) is 0 Å². The number of benzene rings is 1. The van der Waals surface area contributed by atoms with Crippen LogP contribution in [0.3, 0.4) is 0 Å². The van der Waals surface area contributed by atoms with Crippen molar-refractivity contribution in [3.63, 3.8) is 0 Å². The Labute approximate surface area is 197 Å². The maximum atomic E-state index is 11.8. The van der Waals surface area contributed by atoms with Crippen LogP contribution >= 0.6 is 28.1 Å². The third kappa shape index (κ3) is 8.98. The van der Waals surface area contributed by atoms with E-state index in [4.69, 9.17) is 26.4 Å². The summed E-state index contributed by atoms with van der Waals surface area (Å²) in [6.07, 6.45) is 1.64. The van der Waals surface area contributed by atoms with Gasteiger partial charge < -0.3 is 24.4 Å². The van der Waals surface area contributed by atoms with Crippen LogP contribution < -0.4 is 20.2 Å². The third-order valence-corrected chi connectivity index (χ3v) is 5.19. The van der Waals surface area contributed by atoms with Crippen molar-refractivity contribution in [2.75, 3.05) is 66.7 Å². The van der Waals surface area contributed by atoms with Crippen LogP contribution in [0.5, 0.6) is 11.5 Å². The van der Waals surface area contributed by atoms with Gasteiger partial charge in [0, 0.05) is 40.3 Å². The molecule has 0 aliphatic carbocycles. The van der Waals surface area contributed by atoms with Crippen LogP contribution in [0, 0.1) is 0 Å². The lowest BCUT2D eigenvalue weighted by Gasteiger charge is -2.26. The highest BCUT2D eigenvalue weighted by Gasteiger charge is 2.14. The Hall–Kier alpha value is -1.95. The minimum absolute atomic E-state index is 0.0783. The first-order chi connectivity index (χ1) is 14.9. The zero-order valence-electron chi connectivity index (χ0n) is 18.1. The number of carbonyl (C=O) groups is 1. The molecule has 0 saturated carbocycles. The Morgan fingerprint density at radius 2 is 2.10 bits per heavy atom. The minimum Gasteiger partial charge on any atom is -0.490 e.